The van der Waals surface area contributed by atoms with Gasteiger partial charge in [-0.15, -0.1) is 0 Å². The van der Waals surface area contributed by atoms with Gasteiger partial charge in [-0.3, -0.25) is 37.3 Å². The highest BCUT2D eigenvalue weighted by Crippen LogP contribution is 2.45. The molecule has 19 heteroatoms. The van der Waals surface area contributed by atoms with E-state index in [2.05, 4.69) is 34.6 Å². The van der Waals surface area contributed by atoms with Crippen LogP contribution in [0.4, 0.5) is 0 Å². The molecule has 0 aromatic rings. The normalized spacial score (nSPS) is 14.2. The van der Waals surface area contributed by atoms with Crippen molar-refractivity contribution >= 4 is 39.5 Å². The number of unbranched alkanes of at least 4 members (excludes halogenated alkanes) is 49. The van der Waals surface area contributed by atoms with E-state index in [0.29, 0.717) is 25.7 Å². The smallest absolute Gasteiger partial charge is 0.462 e. The summed E-state index contributed by atoms with van der Waals surface area (Å²) >= 11 is 0. The van der Waals surface area contributed by atoms with Crippen molar-refractivity contribution in [3.05, 3.63) is 0 Å². The van der Waals surface area contributed by atoms with Crippen LogP contribution in [0.15, 0.2) is 0 Å². The van der Waals surface area contributed by atoms with Gasteiger partial charge in [0.25, 0.3) is 0 Å². The van der Waals surface area contributed by atoms with Crippen LogP contribution in [-0.4, -0.2) is 96.7 Å². The Hall–Kier alpha value is -1.94. The van der Waals surface area contributed by atoms with Gasteiger partial charge < -0.3 is 33.8 Å². The van der Waals surface area contributed by atoms with Crippen molar-refractivity contribution in [2.75, 3.05) is 39.6 Å². The fraction of sp³-hybridized carbons (Fsp3) is 0.949. The maximum atomic E-state index is 13.1. The highest BCUT2D eigenvalue weighted by Gasteiger charge is 2.30. The molecule has 0 saturated heterocycles. The third-order valence-electron chi connectivity index (χ3n) is 18.6. The summed E-state index contributed by atoms with van der Waals surface area (Å²) in [5.41, 5.74) is 0. The molecule has 0 spiro atoms. The Kier molecular flexibility index (Phi) is 69.6. The molecule has 6 atom stereocenters. The molecule has 0 aromatic carbocycles. The van der Waals surface area contributed by atoms with E-state index < -0.39 is 97.5 Å². The summed E-state index contributed by atoms with van der Waals surface area (Å²) in [4.78, 5) is 72.8. The lowest BCUT2D eigenvalue weighted by Crippen LogP contribution is -2.30. The molecule has 0 aliphatic carbocycles. The maximum absolute atomic E-state index is 13.1. The number of esters is 4. The van der Waals surface area contributed by atoms with E-state index >= 15 is 0 Å². The SMILES string of the molecule is CCCCCCCCCCCCCCCCCCCCCCCC(=O)O[C@H](COC(=O)CCCCCCCCCCCCC(C)CC)COP(=O)(O)OC[C@@H](O)COP(=O)(O)OC[C@@H](COC(=O)CCCCCCCCCCCC)OC(=O)CCCCCCCCCCCCCC. The van der Waals surface area contributed by atoms with Crippen molar-refractivity contribution in [3.63, 3.8) is 0 Å². The summed E-state index contributed by atoms with van der Waals surface area (Å²) < 4.78 is 68.6. The summed E-state index contributed by atoms with van der Waals surface area (Å²) in [5.74, 6) is -1.30. The molecule has 0 amide bonds. The summed E-state index contributed by atoms with van der Waals surface area (Å²) in [7, 11) is -9.91. The number of carbonyl (C=O) groups is 4. The van der Waals surface area contributed by atoms with Gasteiger partial charge in [0, 0.05) is 25.7 Å². The van der Waals surface area contributed by atoms with E-state index in [1.54, 1.807) is 0 Å². The molecule has 17 nitrogen and oxygen atoms in total. The highest BCUT2D eigenvalue weighted by atomic mass is 31.2. The van der Waals surface area contributed by atoms with Crippen LogP contribution in [0.2, 0.25) is 0 Å². The van der Waals surface area contributed by atoms with Crippen LogP contribution in [0.3, 0.4) is 0 Å². The molecule has 97 heavy (non-hydrogen) atoms. The number of hydrogen-bond donors (Lipinski definition) is 3. The first-order valence-electron chi connectivity index (χ1n) is 40.7. The Bertz CT molecular complexity index is 1860. The number of phosphoric acid groups is 2. The molecule has 3 N–H and O–H groups in total. The molecule has 0 aliphatic rings. The predicted octanol–water partition coefficient (Wildman–Crippen LogP) is 23.3. The first-order valence-corrected chi connectivity index (χ1v) is 43.7. The van der Waals surface area contributed by atoms with E-state index in [1.165, 1.54) is 238 Å². The summed E-state index contributed by atoms with van der Waals surface area (Å²) in [6.07, 6.45) is 61.0. The van der Waals surface area contributed by atoms with Gasteiger partial charge in [-0.2, -0.15) is 0 Å². The molecule has 0 aliphatic heterocycles. The lowest BCUT2D eigenvalue weighted by atomic mass is 9.99. The number of aliphatic hydroxyl groups excluding tert-OH is 1. The summed E-state index contributed by atoms with van der Waals surface area (Å²) in [6, 6.07) is 0. The van der Waals surface area contributed by atoms with Gasteiger partial charge in [0.2, 0.25) is 0 Å². The summed E-state index contributed by atoms with van der Waals surface area (Å²) in [6.45, 7) is 7.32. The van der Waals surface area contributed by atoms with Crippen LogP contribution in [0.25, 0.3) is 0 Å². The molecule has 0 aromatic heterocycles. The van der Waals surface area contributed by atoms with Gasteiger partial charge >= 0.3 is 39.5 Å². The van der Waals surface area contributed by atoms with Crippen LogP contribution >= 0.6 is 15.6 Å². The Labute approximate surface area is 594 Å². The van der Waals surface area contributed by atoms with Crippen molar-refractivity contribution in [3.8, 4) is 0 Å². The molecule has 0 fully saturated rings. The fourth-order valence-corrected chi connectivity index (χ4v) is 13.6. The first kappa shape index (κ1) is 95.1. The molecule has 0 bridgehead atoms. The van der Waals surface area contributed by atoms with Crippen LogP contribution in [-0.2, 0) is 65.4 Å². The van der Waals surface area contributed by atoms with Crippen LogP contribution in [0.1, 0.15) is 413 Å². The van der Waals surface area contributed by atoms with Crippen molar-refractivity contribution in [2.45, 2.75) is 432 Å². The minimum Gasteiger partial charge on any atom is -0.462 e. The van der Waals surface area contributed by atoms with Crippen LogP contribution in [0.5, 0.6) is 0 Å². The van der Waals surface area contributed by atoms with Gasteiger partial charge in [-0.05, 0) is 31.6 Å². The number of carbonyl (C=O) groups excluding carboxylic acids is 4. The second-order valence-electron chi connectivity index (χ2n) is 28.3. The lowest BCUT2D eigenvalue weighted by Gasteiger charge is -2.21. The van der Waals surface area contributed by atoms with E-state index in [0.717, 1.165) is 95.8 Å². The number of hydrogen-bond acceptors (Lipinski definition) is 15. The average Bonchev–Trinajstić information content (AvgIpc) is 1.39. The Morgan fingerprint density at radius 3 is 0.732 bits per heavy atom. The molecular formula is C78H152O17P2. The largest absolute Gasteiger partial charge is 0.472 e. The van der Waals surface area contributed by atoms with Gasteiger partial charge in [0.15, 0.2) is 12.2 Å². The molecule has 0 rings (SSSR count). The molecule has 3 unspecified atom stereocenters. The van der Waals surface area contributed by atoms with Crippen molar-refractivity contribution in [1.82, 2.24) is 0 Å². The minimum absolute atomic E-state index is 0.108. The molecule has 576 valence electrons. The standard InChI is InChI=1S/C78H152O17P2/c1-6-10-13-16-19-22-25-27-28-29-30-31-32-33-34-35-37-44-49-54-59-64-78(83)95-74(68-89-76(81)62-57-52-47-42-39-38-40-45-50-55-60-71(5)9-4)70-93-97(86,87)91-66-72(79)65-90-96(84,85)92-69-73(67-88-75(80)61-56-51-46-41-24-21-18-15-12-8-3)94-77(82)63-58-53-48-43-36-26-23-20-17-14-11-7-2/h71-74,79H,6-70H2,1-5H3,(H,84,85)(H,86,87)/t71?,72-,73+,74+/m0/s1. The van der Waals surface area contributed by atoms with Gasteiger partial charge in [0.1, 0.15) is 19.3 Å². The van der Waals surface area contributed by atoms with Crippen molar-refractivity contribution < 1.29 is 80.2 Å². The second-order valence-corrected chi connectivity index (χ2v) is 31.3. The van der Waals surface area contributed by atoms with Crippen LogP contribution < -0.4 is 0 Å². The van der Waals surface area contributed by atoms with E-state index in [4.69, 9.17) is 37.0 Å². The summed E-state index contributed by atoms with van der Waals surface area (Å²) in [5, 5.41) is 10.6. The fourth-order valence-electron chi connectivity index (χ4n) is 12.0. The Morgan fingerprint density at radius 2 is 0.495 bits per heavy atom. The topological polar surface area (TPSA) is 237 Å². The zero-order chi connectivity index (χ0) is 71.2. The van der Waals surface area contributed by atoms with Crippen molar-refractivity contribution in [2.24, 2.45) is 5.92 Å². The highest BCUT2D eigenvalue weighted by molar-refractivity contribution is 7.47. The van der Waals surface area contributed by atoms with E-state index in [9.17, 15) is 43.2 Å². The number of phosphoric ester groups is 2. The Morgan fingerprint density at radius 1 is 0.289 bits per heavy atom. The molecule has 0 saturated carbocycles. The number of ether oxygens (including phenoxy) is 4. The van der Waals surface area contributed by atoms with Crippen LogP contribution in [0, 0.1) is 5.92 Å². The molecule has 0 heterocycles. The quantitative estimate of drug-likeness (QED) is 0.0222. The van der Waals surface area contributed by atoms with Gasteiger partial charge in [0.05, 0.1) is 26.4 Å². The van der Waals surface area contributed by atoms with Gasteiger partial charge in [-0.1, -0.05) is 362 Å². The predicted molar refractivity (Wildman–Crippen MR) is 395 cm³/mol. The zero-order valence-electron chi connectivity index (χ0n) is 63.2. The average molecular weight is 1420 g/mol. The molecular weight excluding hydrogens is 1270 g/mol. The number of rotatable bonds is 78. The lowest BCUT2D eigenvalue weighted by molar-refractivity contribution is -0.161. The second kappa shape index (κ2) is 71.1. The van der Waals surface area contributed by atoms with Gasteiger partial charge in [-0.25, -0.2) is 9.13 Å². The Balaban J connectivity index is 5.21. The monoisotopic (exact) mass is 1420 g/mol. The van der Waals surface area contributed by atoms with Crippen molar-refractivity contribution in [1.29, 1.82) is 0 Å². The third kappa shape index (κ3) is 70.9. The first-order chi connectivity index (χ1) is 47.1. The molecule has 0 radical (unpaired) electrons. The zero-order valence-corrected chi connectivity index (χ0v) is 65.0. The maximum Gasteiger partial charge on any atom is 0.472 e. The third-order valence-corrected chi connectivity index (χ3v) is 20.5. The number of aliphatic hydroxyl groups is 1. The van der Waals surface area contributed by atoms with E-state index in [-0.39, 0.29) is 25.7 Å². The van der Waals surface area contributed by atoms with E-state index in [1.807, 2.05) is 0 Å². The minimum atomic E-state index is -4.96.